The number of carbonyl (C=O) groups excluding carboxylic acids is 2. The molecule has 1 aliphatic rings. The van der Waals surface area contributed by atoms with Gasteiger partial charge in [0.2, 0.25) is 15.9 Å². The van der Waals surface area contributed by atoms with Gasteiger partial charge in [-0.15, -0.1) is 0 Å². The van der Waals surface area contributed by atoms with E-state index in [1.807, 2.05) is 18.4 Å². The van der Waals surface area contributed by atoms with E-state index in [4.69, 9.17) is 4.74 Å². The summed E-state index contributed by atoms with van der Waals surface area (Å²) in [5.74, 6) is -0.348. The van der Waals surface area contributed by atoms with Crippen LogP contribution < -0.4 is 10.6 Å². The van der Waals surface area contributed by atoms with Gasteiger partial charge in [-0.05, 0) is 42.7 Å². The van der Waals surface area contributed by atoms with Crippen molar-refractivity contribution in [3.8, 4) is 12.1 Å². The molecule has 0 aromatic heterocycles. The molecule has 0 spiro atoms. The van der Waals surface area contributed by atoms with Crippen molar-refractivity contribution in [3.63, 3.8) is 0 Å². The summed E-state index contributed by atoms with van der Waals surface area (Å²) in [6.07, 6.45) is 1.64. The molecule has 194 valence electrons. The molecule has 12 heteroatoms. The first-order valence-corrected chi connectivity index (χ1v) is 14.3. The van der Waals surface area contributed by atoms with E-state index in [9.17, 15) is 28.5 Å². The topological polar surface area (TPSA) is 152 Å². The summed E-state index contributed by atoms with van der Waals surface area (Å²) in [5, 5.41) is 24.0. The normalized spacial score (nSPS) is 16.7. The van der Waals surface area contributed by atoms with Crippen LogP contribution in [0.5, 0.6) is 0 Å². The predicted molar refractivity (Wildman–Crippen MR) is 138 cm³/mol. The smallest absolute Gasteiger partial charge is 0.253 e. The fraction of sp³-hybridized carbons (Fsp3) is 0.360. The summed E-state index contributed by atoms with van der Waals surface area (Å²) < 4.78 is 33.2. The van der Waals surface area contributed by atoms with Crippen LogP contribution in [0.25, 0.3) is 0 Å². The van der Waals surface area contributed by atoms with Crippen molar-refractivity contribution < 1.29 is 22.7 Å². The largest absolute Gasteiger partial charge is 0.374 e. The minimum atomic E-state index is -3.93. The Kier molecular flexibility index (Phi) is 10.1. The first-order chi connectivity index (χ1) is 17.8. The minimum absolute atomic E-state index is 0.000239. The average molecular weight is 542 g/mol. The summed E-state index contributed by atoms with van der Waals surface area (Å²) in [7, 11) is -3.93. The molecular formula is C25H27N5O5S2. The van der Waals surface area contributed by atoms with Crippen LogP contribution in [0.3, 0.4) is 0 Å². The molecule has 0 unspecified atom stereocenters. The Balaban J connectivity index is 1.65. The zero-order chi connectivity index (χ0) is 26.8. The van der Waals surface area contributed by atoms with Crippen molar-refractivity contribution in [3.05, 3.63) is 65.2 Å². The molecule has 0 aliphatic carbocycles. The van der Waals surface area contributed by atoms with Gasteiger partial charge in [-0.3, -0.25) is 9.59 Å². The Hall–Kier alpha value is -3.42. The van der Waals surface area contributed by atoms with Crippen LogP contribution in [0.1, 0.15) is 27.9 Å². The number of nitriles is 2. The molecule has 10 nitrogen and oxygen atoms in total. The number of nitrogens with one attached hydrogen (secondary N) is 2. The molecule has 2 aromatic carbocycles. The maximum absolute atomic E-state index is 13.1. The SMILES string of the molecule is CSCC[C@H](NC(=O)c1ccccc1C#N)C(=O)NC[C@H]1CN(S(=O)(=O)c2ccccc2C#N)CCO1. The number of morpholine rings is 1. The molecule has 2 atom stereocenters. The first kappa shape index (κ1) is 28.2. The van der Waals surface area contributed by atoms with Gasteiger partial charge in [0.05, 0.1) is 40.4 Å². The lowest BCUT2D eigenvalue weighted by Gasteiger charge is -2.32. The number of rotatable bonds is 10. The van der Waals surface area contributed by atoms with Gasteiger partial charge < -0.3 is 15.4 Å². The van der Waals surface area contributed by atoms with Crippen molar-refractivity contribution in [1.29, 1.82) is 10.5 Å². The lowest BCUT2D eigenvalue weighted by atomic mass is 10.1. The third-order valence-electron chi connectivity index (χ3n) is 5.76. The maximum atomic E-state index is 13.1. The van der Waals surface area contributed by atoms with E-state index in [0.717, 1.165) is 0 Å². The number of thioether (sulfide) groups is 1. The van der Waals surface area contributed by atoms with Gasteiger partial charge in [0.25, 0.3) is 5.91 Å². The van der Waals surface area contributed by atoms with Gasteiger partial charge >= 0.3 is 0 Å². The van der Waals surface area contributed by atoms with Crippen molar-refractivity contribution in [2.75, 3.05) is 38.2 Å². The van der Waals surface area contributed by atoms with Crippen LogP contribution in [-0.2, 0) is 19.6 Å². The first-order valence-electron chi connectivity index (χ1n) is 11.5. The van der Waals surface area contributed by atoms with Crippen molar-refractivity contribution in [1.82, 2.24) is 14.9 Å². The van der Waals surface area contributed by atoms with Gasteiger partial charge in [-0.1, -0.05) is 24.3 Å². The molecule has 37 heavy (non-hydrogen) atoms. The highest BCUT2D eigenvalue weighted by Gasteiger charge is 2.33. The fourth-order valence-corrected chi connectivity index (χ4v) is 5.88. The molecule has 0 radical (unpaired) electrons. The van der Waals surface area contributed by atoms with E-state index in [1.54, 1.807) is 24.3 Å². The molecule has 1 saturated heterocycles. The second kappa shape index (κ2) is 13.2. The van der Waals surface area contributed by atoms with E-state index >= 15 is 0 Å². The van der Waals surface area contributed by atoms with Crippen molar-refractivity contribution >= 4 is 33.6 Å². The number of amides is 2. The van der Waals surface area contributed by atoms with E-state index < -0.39 is 34.0 Å². The number of carbonyl (C=O) groups is 2. The Morgan fingerprint density at radius 3 is 2.51 bits per heavy atom. The van der Waals surface area contributed by atoms with Gasteiger partial charge in [0, 0.05) is 19.6 Å². The van der Waals surface area contributed by atoms with Crippen LogP contribution in [-0.4, -0.2) is 74.9 Å². The van der Waals surface area contributed by atoms with Gasteiger partial charge in [0.15, 0.2) is 0 Å². The Labute approximate surface area is 220 Å². The molecule has 2 aromatic rings. The van der Waals surface area contributed by atoms with E-state index in [0.29, 0.717) is 12.2 Å². The van der Waals surface area contributed by atoms with E-state index in [-0.39, 0.29) is 47.8 Å². The molecule has 0 saturated carbocycles. The second-order valence-electron chi connectivity index (χ2n) is 8.17. The molecule has 1 fully saturated rings. The maximum Gasteiger partial charge on any atom is 0.253 e. The minimum Gasteiger partial charge on any atom is -0.374 e. The highest BCUT2D eigenvalue weighted by atomic mass is 32.2. The van der Waals surface area contributed by atoms with Crippen LogP contribution >= 0.6 is 11.8 Å². The monoisotopic (exact) mass is 541 g/mol. The highest BCUT2D eigenvalue weighted by molar-refractivity contribution is 7.98. The van der Waals surface area contributed by atoms with Crippen molar-refractivity contribution in [2.24, 2.45) is 0 Å². The predicted octanol–water partition coefficient (Wildman–Crippen LogP) is 1.49. The summed E-state index contributed by atoms with van der Waals surface area (Å²) in [6, 6.07) is 15.4. The lowest BCUT2D eigenvalue weighted by molar-refractivity contribution is -0.124. The molecule has 1 aliphatic heterocycles. The van der Waals surface area contributed by atoms with Crippen LogP contribution in [0.2, 0.25) is 0 Å². The Morgan fingerprint density at radius 2 is 1.81 bits per heavy atom. The third kappa shape index (κ3) is 7.08. The standard InChI is InChI=1S/C25H27N5O5S2/c1-36-13-10-22(29-24(31)21-8-4-2-6-18(21)14-26)25(32)28-16-20-17-30(11-12-35-20)37(33,34)23-9-5-3-7-19(23)15-27/h2-9,20,22H,10-13,16-17H2,1H3,(H,28,32)(H,29,31)/t20-,22-/m0/s1. The second-order valence-corrected chi connectivity index (χ2v) is 11.1. The third-order valence-corrected chi connectivity index (χ3v) is 8.32. The molecule has 2 amide bonds. The number of benzene rings is 2. The Morgan fingerprint density at radius 1 is 1.14 bits per heavy atom. The number of ether oxygens (including phenoxy) is 1. The van der Waals surface area contributed by atoms with Gasteiger partial charge in [0.1, 0.15) is 12.1 Å². The number of hydrogen-bond donors (Lipinski definition) is 2. The van der Waals surface area contributed by atoms with Crippen molar-refractivity contribution in [2.45, 2.75) is 23.5 Å². The van der Waals surface area contributed by atoms with E-state index in [2.05, 4.69) is 10.6 Å². The number of nitrogens with zero attached hydrogens (tertiary/aromatic N) is 3. The van der Waals surface area contributed by atoms with Crippen LogP contribution in [0, 0.1) is 22.7 Å². The number of hydrogen-bond acceptors (Lipinski definition) is 8. The van der Waals surface area contributed by atoms with E-state index in [1.165, 1.54) is 40.3 Å². The van der Waals surface area contributed by atoms with Gasteiger partial charge in [-0.2, -0.15) is 26.6 Å². The molecule has 0 bridgehead atoms. The van der Waals surface area contributed by atoms with Crippen LogP contribution in [0.15, 0.2) is 53.4 Å². The molecule has 2 N–H and O–H groups in total. The molecule has 3 rings (SSSR count). The van der Waals surface area contributed by atoms with Gasteiger partial charge in [-0.25, -0.2) is 8.42 Å². The summed E-state index contributed by atoms with van der Waals surface area (Å²) >= 11 is 1.52. The molecular weight excluding hydrogens is 514 g/mol. The average Bonchev–Trinajstić information content (AvgIpc) is 2.93. The summed E-state index contributed by atoms with van der Waals surface area (Å²) in [6.45, 7) is 0.286. The molecule has 1 heterocycles. The zero-order valence-corrected chi connectivity index (χ0v) is 21.8. The summed E-state index contributed by atoms with van der Waals surface area (Å²) in [4.78, 5) is 25.7. The Bertz CT molecular complexity index is 1320. The fourth-order valence-electron chi connectivity index (χ4n) is 3.81. The summed E-state index contributed by atoms with van der Waals surface area (Å²) in [5.41, 5.74) is 0.448. The number of sulfonamides is 1. The van der Waals surface area contributed by atoms with Crippen LogP contribution in [0.4, 0.5) is 0 Å². The lowest BCUT2D eigenvalue weighted by Crippen LogP contribution is -2.52. The quantitative estimate of drug-likeness (QED) is 0.459. The highest BCUT2D eigenvalue weighted by Crippen LogP contribution is 2.22. The zero-order valence-electron chi connectivity index (χ0n) is 20.2.